The predicted octanol–water partition coefficient (Wildman–Crippen LogP) is 5.90. The van der Waals surface area contributed by atoms with Crippen LogP contribution in [0.15, 0.2) is 102 Å². The summed E-state index contributed by atoms with van der Waals surface area (Å²) in [7, 11) is 0. The van der Waals surface area contributed by atoms with Crippen LogP contribution >= 0.6 is 11.8 Å². The van der Waals surface area contributed by atoms with Crippen LogP contribution in [0.1, 0.15) is 41.2 Å². The van der Waals surface area contributed by atoms with Crippen molar-refractivity contribution < 1.29 is 0 Å². The quantitative estimate of drug-likeness (QED) is 0.359. The van der Waals surface area contributed by atoms with E-state index in [1.165, 1.54) is 22.3 Å². The Morgan fingerprint density at radius 1 is 0.943 bits per heavy atom. The summed E-state index contributed by atoms with van der Waals surface area (Å²) >= 11 is 1.74. The number of rotatable bonds is 4. The van der Waals surface area contributed by atoms with E-state index in [0.717, 1.165) is 41.1 Å². The van der Waals surface area contributed by atoms with Gasteiger partial charge in [-0.25, -0.2) is 9.66 Å². The van der Waals surface area contributed by atoms with Crippen molar-refractivity contribution >= 4 is 29.1 Å². The number of hydrogen-bond acceptors (Lipinski definition) is 6. The van der Waals surface area contributed by atoms with Gasteiger partial charge in [0.2, 0.25) is 0 Å². The number of nitrogens with zero attached hydrogens (tertiary/aromatic N) is 4. The lowest BCUT2D eigenvalue weighted by Gasteiger charge is -2.34. The first kappa shape index (κ1) is 21.6. The molecule has 35 heavy (non-hydrogen) atoms. The van der Waals surface area contributed by atoms with Crippen molar-refractivity contribution in [1.29, 1.82) is 5.41 Å². The standard InChI is InChI=1S/C28H24N6S/c29-27-25-24-21(17-19-9-13-30-14-10-19)5-4-8-23(24)26(20-11-15-31-16-12-20)35-28(25)32-18-34(27)33-22-6-2-1-3-7-22/h1-3,6-7,9-18,26,29,33H,4-5,8H2/b21-17+,29-27?. The van der Waals surface area contributed by atoms with E-state index in [2.05, 4.69) is 33.6 Å². The third-order valence-electron chi connectivity index (χ3n) is 6.39. The molecule has 2 N–H and O–H groups in total. The van der Waals surface area contributed by atoms with Crippen LogP contribution in [-0.2, 0) is 0 Å². The summed E-state index contributed by atoms with van der Waals surface area (Å²) in [6, 6.07) is 18.2. The van der Waals surface area contributed by atoms with Crippen LogP contribution < -0.4 is 10.9 Å². The van der Waals surface area contributed by atoms with Gasteiger partial charge in [0.25, 0.3) is 0 Å². The molecule has 0 saturated carbocycles. The van der Waals surface area contributed by atoms with Crippen molar-refractivity contribution in [2.24, 2.45) is 0 Å². The minimum absolute atomic E-state index is 0.159. The van der Waals surface area contributed by atoms with Crippen molar-refractivity contribution in [2.45, 2.75) is 29.5 Å². The summed E-state index contributed by atoms with van der Waals surface area (Å²) in [5.41, 5.74) is 11.7. The smallest absolute Gasteiger partial charge is 0.156 e. The van der Waals surface area contributed by atoms with Gasteiger partial charge in [0, 0.05) is 24.8 Å². The van der Waals surface area contributed by atoms with E-state index in [4.69, 9.17) is 4.98 Å². The van der Waals surface area contributed by atoms with Crippen LogP contribution in [0.25, 0.3) is 11.6 Å². The first-order chi connectivity index (χ1) is 17.3. The predicted molar refractivity (Wildman–Crippen MR) is 139 cm³/mol. The zero-order valence-corrected chi connectivity index (χ0v) is 19.9. The van der Waals surface area contributed by atoms with Crippen LogP contribution in [0.2, 0.25) is 0 Å². The number of anilines is 1. The van der Waals surface area contributed by atoms with E-state index in [1.807, 2.05) is 67.3 Å². The Morgan fingerprint density at radius 2 is 1.69 bits per heavy atom. The number of thioether (sulfide) groups is 1. The number of allylic oxidation sites excluding steroid dienone is 2. The van der Waals surface area contributed by atoms with Crippen LogP contribution in [0.4, 0.5) is 5.69 Å². The topological polar surface area (TPSA) is 79.5 Å². The van der Waals surface area contributed by atoms with E-state index < -0.39 is 0 Å². The van der Waals surface area contributed by atoms with Gasteiger partial charge in [0.1, 0.15) is 11.4 Å². The van der Waals surface area contributed by atoms with E-state index >= 15 is 0 Å². The van der Waals surface area contributed by atoms with Gasteiger partial charge in [-0.1, -0.05) is 36.0 Å². The van der Waals surface area contributed by atoms with E-state index in [-0.39, 0.29) is 5.25 Å². The van der Waals surface area contributed by atoms with Crippen LogP contribution in [-0.4, -0.2) is 19.6 Å². The number of hydrogen-bond donors (Lipinski definition) is 2. The molecular formula is C28H24N6S. The highest BCUT2D eigenvalue weighted by atomic mass is 32.2. The van der Waals surface area contributed by atoms with Gasteiger partial charge in [-0.05, 0) is 83.5 Å². The molecule has 0 fully saturated rings. The molecule has 1 aliphatic carbocycles. The summed E-state index contributed by atoms with van der Waals surface area (Å²) < 4.78 is 1.71. The van der Waals surface area contributed by atoms with Gasteiger partial charge < -0.3 is 0 Å². The summed E-state index contributed by atoms with van der Waals surface area (Å²) in [6.45, 7) is 0. The molecule has 3 aromatic heterocycles. The lowest BCUT2D eigenvalue weighted by molar-refractivity contribution is 0.741. The Kier molecular flexibility index (Phi) is 5.76. The molecule has 6 rings (SSSR count). The second kappa shape index (κ2) is 9.35. The fourth-order valence-electron chi connectivity index (χ4n) is 4.81. The molecule has 6 nitrogen and oxygen atoms in total. The third kappa shape index (κ3) is 4.19. The third-order valence-corrected chi connectivity index (χ3v) is 7.72. The Hall–Kier alpha value is -3.97. The second-order valence-corrected chi connectivity index (χ2v) is 9.70. The van der Waals surface area contributed by atoms with Gasteiger partial charge in [-0.15, -0.1) is 0 Å². The summed E-state index contributed by atoms with van der Waals surface area (Å²) in [6.07, 6.45) is 14.4. The Bertz CT molecular complexity index is 1480. The maximum Gasteiger partial charge on any atom is 0.156 e. The molecule has 0 radical (unpaired) electrons. The number of pyridine rings is 2. The molecule has 4 aromatic rings. The Morgan fingerprint density at radius 3 is 2.46 bits per heavy atom. The molecule has 1 unspecified atom stereocenters. The number of aromatic nitrogens is 4. The minimum atomic E-state index is 0.159. The summed E-state index contributed by atoms with van der Waals surface area (Å²) in [5.74, 6) is 0. The highest BCUT2D eigenvalue weighted by molar-refractivity contribution is 7.99. The molecular weight excluding hydrogens is 452 g/mol. The van der Waals surface area contributed by atoms with Crippen molar-refractivity contribution in [2.75, 3.05) is 5.43 Å². The SMILES string of the molecule is N=c1c2c(ncn1Nc1ccccc1)SC(c1ccncc1)C1=C2/C(=C/c2ccncc2)CCC1. The molecule has 4 heterocycles. The zero-order chi connectivity index (χ0) is 23.6. The molecule has 1 aromatic carbocycles. The molecule has 1 atom stereocenters. The number of fused-ring (bicyclic) bond motifs is 2. The number of nitrogens with one attached hydrogen (secondary N) is 2. The molecule has 0 saturated heterocycles. The van der Waals surface area contributed by atoms with Crippen molar-refractivity contribution in [3.05, 3.63) is 119 Å². The molecule has 0 spiro atoms. The van der Waals surface area contributed by atoms with Gasteiger partial charge in [0.05, 0.1) is 16.5 Å². The van der Waals surface area contributed by atoms with E-state index in [9.17, 15) is 5.41 Å². The molecule has 0 bridgehead atoms. The van der Waals surface area contributed by atoms with Crippen LogP contribution in [0.3, 0.4) is 0 Å². The van der Waals surface area contributed by atoms with Gasteiger partial charge in [-0.2, -0.15) is 0 Å². The Labute approximate surface area is 208 Å². The largest absolute Gasteiger partial charge is 0.292 e. The average molecular weight is 477 g/mol. The first-order valence-electron chi connectivity index (χ1n) is 11.7. The van der Waals surface area contributed by atoms with Crippen molar-refractivity contribution in [1.82, 2.24) is 19.6 Å². The fourth-order valence-corrected chi connectivity index (χ4v) is 6.13. The van der Waals surface area contributed by atoms with Gasteiger partial charge in [-0.3, -0.25) is 20.8 Å². The molecule has 7 heteroatoms. The molecule has 1 aliphatic heterocycles. The normalized spacial score (nSPS) is 18.2. The van der Waals surface area contributed by atoms with Crippen LogP contribution in [0, 0.1) is 5.41 Å². The highest BCUT2D eigenvalue weighted by Crippen LogP contribution is 2.54. The highest BCUT2D eigenvalue weighted by Gasteiger charge is 2.34. The molecule has 172 valence electrons. The molecule has 0 amide bonds. The minimum Gasteiger partial charge on any atom is -0.292 e. The summed E-state index contributed by atoms with van der Waals surface area (Å²) in [5, 5.41) is 10.3. The molecule has 2 aliphatic rings. The lowest BCUT2D eigenvalue weighted by atomic mass is 9.80. The number of benzene rings is 1. The van der Waals surface area contributed by atoms with Crippen molar-refractivity contribution in [3.8, 4) is 0 Å². The zero-order valence-electron chi connectivity index (χ0n) is 19.1. The maximum absolute atomic E-state index is 9.20. The van der Waals surface area contributed by atoms with Crippen LogP contribution in [0.5, 0.6) is 0 Å². The van der Waals surface area contributed by atoms with Crippen molar-refractivity contribution in [3.63, 3.8) is 0 Å². The Balaban J connectivity index is 1.54. The van der Waals surface area contributed by atoms with E-state index in [1.54, 1.807) is 22.8 Å². The maximum atomic E-state index is 9.20. The first-order valence-corrected chi connectivity index (χ1v) is 12.6. The van der Waals surface area contributed by atoms with E-state index in [0.29, 0.717) is 5.49 Å². The lowest BCUT2D eigenvalue weighted by Crippen LogP contribution is -2.32. The summed E-state index contributed by atoms with van der Waals surface area (Å²) in [4.78, 5) is 13.2. The monoisotopic (exact) mass is 476 g/mol. The number of para-hydroxylation sites is 1. The van der Waals surface area contributed by atoms with Gasteiger partial charge >= 0.3 is 0 Å². The van der Waals surface area contributed by atoms with Gasteiger partial charge in [0.15, 0.2) is 5.49 Å². The average Bonchev–Trinajstić information content (AvgIpc) is 2.91. The fraction of sp³-hybridized carbons (Fsp3) is 0.143. The second-order valence-electron chi connectivity index (χ2n) is 8.60.